The summed E-state index contributed by atoms with van der Waals surface area (Å²) in [7, 11) is 0. The summed E-state index contributed by atoms with van der Waals surface area (Å²) in [6, 6.07) is 8.23. The van der Waals surface area contributed by atoms with Crippen LogP contribution in [0.15, 0.2) is 24.3 Å². The molecule has 0 fully saturated rings. The van der Waals surface area contributed by atoms with Gasteiger partial charge in [-0.15, -0.1) is 0 Å². The van der Waals surface area contributed by atoms with E-state index in [4.69, 9.17) is 15.3 Å². The Morgan fingerprint density at radius 2 is 1.49 bits per heavy atom. The minimum atomic E-state index is -1.33. The number of esters is 1. The number of ether oxygens (including phenoxy) is 1. The molecule has 0 aliphatic carbocycles. The standard InChI is InChI=1S/C14H15FN2O4.C9H7FN2O2/c1-8-9(5-6-11(12(8)15)17(19)20)10(7-16)13(18)21-14(2,3)4;1-6-7(4-5-11)2-3-8(9(6)10)12(13)14/h5-6,10H,1-4H3;2-3H,4H2,1H3. The molecule has 0 saturated carbocycles. The van der Waals surface area contributed by atoms with Crippen LogP contribution in [0, 0.1) is 68.4 Å². The molecule has 0 saturated heterocycles. The zero-order chi connectivity index (χ0) is 27.1. The number of nitro benzene ring substituents is 2. The number of halogens is 2. The predicted octanol–water partition coefficient (Wildman–Crippen LogP) is 5.10. The molecule has 0 aliphatic heterocycles. The Morgan fingerprint density at radius 3 is 1.91 bits per heavy atom. The van der Waals surface area contributed by atoms with E-state index in [1.807, 2.05) is 6.07 Å². The SMILES string of the molecule is Cc1c(C(C#N)C(=O)OC(C)(C)C)ccc([N+](=O)[O-])c1F.Cc1c(CC#N)ccc([N+](=O)[O-])c1F. The fraction of sp³-hybridized carbons (Fsp3) is 0.348. The van der Waals surface area contributed by atoms with E-state index in [1.54, 1.807) is 26.8 Å². The quantitative estimate of drug-likeness (QED) is 0.319. The zero-order valence-corrected chi connectivity index (χ0v) is 19.6. The molecule has 0 aliphatic rings. The summed E-state index contributed by atoms with van der Waals surface area (Å²) in [5, 5.41) is 38.5. The Bertz CT molecular complexity index is 1240. The maximum atomic E-state index is 13.9. The van der Waals surface area contributed by atoms with Crippen LogP contribution in [0.1, 0.15) is 48.9 Å². The van der Waals surface area contributed by atoms with Crippen LogP contribution in [0.5, 0.6) is 0 Å². The summed E-state index contributed by atoms with van der Waals surface area (Å²) in [4.78, 5) is 31.3. The van der Waals surface area contributed by atoms with Crippen LogP contribution in [-0.4, -0.2) is 21.4 Å². The summed E-state index contributed by atoms with van der Waals surface area (Å²) in [6.45, 7) is 7.63. The van der Waals surface area contributed by atoms with Gasteiger partial charge >= 0.3 is 17.3 Å². The molecule has 2 rings (SSSR count). The summed E-state index contributed by atoms with van der Waals surface area (Å²) in [5.74, 6) is -4.06. The monoisotopic (exact) mass is 488 g/mol. The van der Waals surface area contributed by atoms with Crippen LogP contribution in [0.25, 0.3) is 0 Å². The van der Waals surface area contributed by atoms with Gasteiger partial charge in [0, 0.05) is 12.1 Å². The van der Waals surface area contributed by atoms with Crippen LogP contribution < -0.4 is 0 Å². The van der Waals surface area contributed by atoms with Gasteiger partial charge in [0.1, 0.15) is 5.60 Å². The maximum absolute atomic E-state index is 13.9. The van der Waals surface area contributed by atoms with Crippen LogP contribution in [-0.2, 0) is 16.0 Å². The smallest absolute Gasteiger partial charge is 0.328 e. The van der Waals surface area contributed by atoms with Gasteiger partial charge in [0.2, 0.25) is 11.6 Å². The van der Waals surface area contributed by atoms with Crippen LogP contribution in [0.2, 0.25) is 0 Å². The third-order valence-electron chi connectivity index (χ3n) is 4.63. The van der Waals surface area contributed by atoms with Crippen LogP contribution in [0.3, 0.4) is 0 Å². The number of carbonyl (C=O) groups excluding carboxylic acids is 1. The number of carbonyl (C=O) groups is 1. The number of nitro groups is 2. The average Bonchev–Trinajstić information content (AvgIpc) is 2.74. The number of nitriles is 2. The molecule has 0 amide bonds. The Morgan fingerprint density at radius 1 is 1.00 bits per heavy atom. The van der Waals surface area contributed by atoms with E-state index in [1.165, 1.54) is 26.0 Å². The van der Waals surface area contributed by atoms with Crippen molar-refractivity contribution < 1.29 is 28.2 Å². The highest BCUT2D eigenvalue weighted by Crippen LogP contribution is 2.29. The van der Waals surface area contributed by atoms with Crippen LogP contribution >= 0.6 is 0 Å². The second-order valence-electron chi connectivity index (χ2n) is 8.24. The van der Waals surface area contributed by atoms with Gasteiger partial charge in [-0.25, -0.2) is 0 Å². The van der Waals surface area contributed by atoms with Gasteiger partial charge in [0.25, 0.3) is 0 Å². The van der Waals surface area contributed by atoms with E-state index in [2.05, 4.69) is 0 Å². The topological polar surface area (TPSA) is 160 Å². The van der Waals surface area contributed by atoms with Gasteiger partial charge in [-0.2, -0.15) is 19.3 Å². The van der Waals surface area contributed by atoms with Crippen molar-refractivity contribution in [2.75, 3.05) is 0 Å². The van der Waals surface area contributed by atoms with Gasteiger partial charge in [-0.3, -0.25) is 25.0 Å². The molecule has 0 radical (unpaired) electrons. The third kappa shape index (κ3) is 7.27. The summed E-state index contributed by atoms with van der Waals surface area (Å²) in [6.07, 6.45) is 0.0563. The second kappa shape index (κ2) is 11.6. The number of benzene rings is 2. The van der Waals surface area contributed by atoms with Gasteiger partial charge in [0.15, 0.2) is 5.92 Å². The molecular formula is C23H22F2N4O6. The summed E-state index contributed by atoms with van der Waals surface area (Å²) < 4.78 is 32.3. The van der Waals surface area contributed by atoms with E-state index in [0.29, 0.717) is 5.56 Å². The summed E-state index contributed by atoms with van der Waals surface area (Å²) in [5.41, 5.74) is -1.44. The van der Waals surface area contributed by atoms with Gasteiger partial charge in [-0.1, -0.05) is 6.07 Å². The molecule has 0 spiro atoms. The first-order chi connectivity index (χ1) is 16.2. The molecule has 2 aromatic rings. The molecule has 12 heteroatoms. The van der Waals surface area contributed by atoms with Crippen molar-refractivity contribution in [1.82, 2.24) is 0 Å². The predicted molar refractivity (Wildman–Crippen MR) is 119 cm³/mol. The first-order valence-corrected chi connectivity index (χ1v) is 10.0. The van der Waals surface area contributed by atoms with Crippen molar-refractivity contribution in [3.05, 3.63) is 78.4 Å². The first-order valence-electron chi connectivity index (χ1n) is 10.0. The fourth-order valence-electron chi connectivity index (χ4n) is 2.88. The van der Waals surface area contributed by atoms with Crippen molar-refractivity contribution in [2.24, 2.45) is 0 Å². The van der Waals surface area contributed by atoms with E-state index >= 15 is 0 Å². The van der Waals surface area contributed by atoms with Crippen LogP contribution in [0.4, 0.5) is 20.2 Å². The van der Waals surface area contributed by atoms with Gasteiger partial charge in [-0.05, 0) is 62.9 Å². The second-order valence-corrected chi connectivity index (χ2v) is 8.24. The Labute approximate surface area is 199 Å². The number of hydrogen-bond donors (Lipinski definition) is 0. The van der Waals surface area contributed by atoms with Gasteiger partial charge in [0.05, 0.1) is 28.4 Å². The molecule has 0 N–H and O–H groups in total. The molecular weight excluding hydrogens is 466 g/mol. The molecule has 1 atom stereocenters. The average molecular weight is 488 g/mol. The lowest BCUT2D eigenvalue weighted by molar-refractivity contribution is -0.387. The van der Waals surface area contributed by atoms with E-state index in [-0.39, 0.29) is 23.1 Å². The Hall–Kier alpha value is -4.45. The molecule has 184 valence electrons. The van der Waals surface area contributed by atoms with Crippen molar-refractivity contribution in [3.8, 4) is 12.1 Å². The van der Waals surface area contributed by atoms with Crippen molar-refractivity contribution >= 4 is 17.3 Å². The largest absolute Gasteiger partial charge is 0.459 e. The number of hydrogen-bond acceptors (Lipinski definition) is 8. The fourth-order valence-corrected chi connectivity index (χ4v) is 2.88. The minimum Gasteiger partial charge on any atom is -0.459 e. The first kappa shape index (κ1) is 28.6. The number of nitrogens with zero attached hydrogens (tertiary/aromatic N) is 4. The Balaban J connectivity index is 0.000000379. The zero-order valence-electron chi connectivity index (χ0n) is 19.6. The van der Waals surface area contributed by atoms with Gasteiger partial charge < -0.3 is 4.74 Å². The lowest BCUT2D eigenvalue weighted by Gasteiger charge is -2.22. The molecule has 2 aromatic carbocycles. The lowest BCUT2D eigenvalue weighted by atomic mass is 9.95. The molecule has 1 unspecified atom stereocenters. The highest BCUT2D eigenvalue weighted by molar-refractivity contribution is 5.82. The highest BCUT2D eigenvalue weighted by atomic mass is 19.1. The maximum Gasteiger partial charge on any atom is 0.328 e. The van der Waals surface area contributed by atoms with Crippen molar-refractivity contribution in [1.29, 1.82) is 10.5 Å². The highest BCUT2D eigenvalue weighted by Gasteiger charge is 2.30. The third-order valence-corrected chi connectivity index (χ3v) is 4.63. The molecule has 35 heavy (non-hydrogen) atoms. The van der Waals surface area contributed by atoms with E-state index < -0.39 is 50.3 Å². The van der Waals surface area contributed by atoms with E-state index in [0.717, 1.165) is 12.1 Å². The van der Waals surface area contributed by atoms with E-state index in [9.17, 15) is 33.8 Å². The molecule has 0 aromatic heterocycles. The summed E-state index contributed by atoms with van der Waals surface area (Å²) >= 11 is 0. The molecule has 0 heterocycles. The molecule has 10 nitrogen and oxygen atoms in total. The van der Waals surface area contributed by atoms with Crippen molar-refractivity contribution in [3.63, 3.8) is 0 Å². The normalized spacial score (nSPS) is 11.2. The lowest BCUT2D eigenvalue weighted by Crippen LogP contribution is -2.27. The Kier molecular flexibility index (Phi) is 9.48. The number of rotatable bonds is 5. The minimum absolute atomic E-state index is 0.0563. The molecule has 0 bridgehead atoms. The van der Waals surface area contributed by atoms with Crippen molar-refractivity contribution in [2.45, 2.75) is 52.6 Å².